The lowest BCUT2D eigenvalue weighted by atomic mass is 10.0. The molecule has 2 rings (SSSR count). The summed E-state index contributed by atoms with van der Waals surface area (Å²) in [6.45, 7) is 0. The van der Waals surface area contributed by atoms with Gasteiger partial charge in [-0.3, -0.25) is 9.59 Å². The van der Waals surface area contributed by atoms with Crippen LogP contribution in [0.2, 0.25) is 10.0 Å². The van der Waals surface area contributed by atoms with E-state index in [1.807, 2.05) is 0 Å². The number of aliphatic carboxylic acids is 1. The first-order valence-corrected chi connectivity index (χ1v) is 7.72. The Hall–Kier alpha value is -2.30. The van der Waals surface area contributed by atoms with Crippen LogP contribution in [0.25, 0.3) is 6.08 Å². The number of ether oxygens (including phenoxy) is 1. The highest BCUT2D eigenvalue weighted by Gasteiger charge is 2.11. The first-order chi connectivity index (χ1) is 11.4. The van der Waals surface area contributed by atoms with Gasteiger partial charge in [0.1, 0.15) is 5.75 Å². The van der Waals surface area contributed by atoms with Crippen LogP contribution in [0, 0.1) is 0 Å². The van der Waals surface area contributed by atoms with Crippen LogP contribution in [0.15, 0.2) is 42.5 Å². The van der Waals surface area contributed by atoms with E-state index in [0.717, 1.165) is 5.56 Å². The molecule has 0 radical (unpaired) electrons. The normalized spacial score (nSPS) is 10.8. The molecule has 0 amide bonds. The van der Waals surface area contributed by atoms with Crippen LogP contribution < -0.4 is 4.74 Å². The van der Waals surface area contributed by atoms with Gasteiger partial charge < -0.3 is 9.84 Å². The summed E-state index contributed by atoms with van der Waals surface area (Å²) in [6, 6.07) is 9.73. The third-order valence-corrected chi connectivity index (χ3v) is 4.02. The average molecular weight is 365 g/mol. The molecular weight excluding hydrogens is 351 g/mol. The van der Waals surface area contributed by atoms with E-state index in [-0.39, 0.29) is 12.2 Å². The lowest BCUT2D eigenvalue weighted by Gasteiger charge is -2.08. The van der Waals surface area contributed by atoms with Crippen LogP contribution in [0.4, 0.5) is 0 Å². The highest BCUT2D eigenvalue weighted by atomic mass is 35.5. The van der Waals surface area contributed by atoms with Gasteiger partial charge in [-0.25, -0.2) is 0 Å². The Bertz CT molecular complexity index is 813. The van der Waals surface area contributed by atoms with E-state index >= 15 is 0 Å². The van der Waals surface area contributed by atoms with Gasteiger partial charge >= 0.3 is 5.97 Å². The van der Waals surface area contributed by atoms with Gasteiger partial charge in [-0.05, 0) is 42.0 Å². The molecular formula is C18H14Cl2O4. The number of rotatable bonds is 6. The van der Waals surface area contributed by atoms with Crippen molar-refractivity contribution in [3.8, 4) is 5.75 Å². The number of ketones is 1. The van der Waals surface area contributed by atoms with E-state index in [1.54, 1.807) is 36.4 Å². The zero-order chi connectivity index (χ0) is 17.7. The van der Waals surface area contributed by atoms with Gasteiger partial charge in [-0.2, -0.15) is 0 Å². The van der Waals surface area contributed by atoms with Crippen molar-refractivity contribution in [1.29, 1.82) is 0 Å². The Morgan fingerprint density at radius 2 is 1.88 bits per heavy atom. The number of carboxylic acids is 1. The SMILES string of the molecule is COc1ccc(C(=O)/C=C/c2ccc(Cl)c(Cl)c2)cc1CC(=O)O. The number of benzene rings is 2. The van der Waals surface area contributed by atoms with Crippen LogP contribution in [-0.2, 0) is 11.2 Å². The third-order valence-electron chi connectivity index (χ3n) is 3.28. The summed E-state index contributed by atoms with van der Waals surface area (Å²) < 4.78 is 5.11. The van der Waals surface area contributed by atoms with Crippen molar-refractivity contribution in [2.45, 2.75) is 6.42 Å². The summed E-state index contributed by atoms with van der Waals surface area (Å²) in [5.74, 6) is -0.818. The van der Waals surface area contributed by atoms with Gasteiger partial charge in [0, 0.05) is 11.1 Å². The van der Waals surface area contributed by atoms with Crippen molar-refractivity contribution in [1.82, 2.24) is 0 Å². The van der Waals surface area contributed by atoms with E-state index in [2.05, 4.69) is 0 Å². The summed E-state index contributed by atoms with van der Waals surface area (Å²) in [5, 5.41) is 9.78. The molecule has 0 fully saturated rings. The van der Waals surface area contributed by atoms with Gasteiger partial charge in [0.15, 0.2) is 5.78 Å². The Morgan fingerprint density at radius 3 is 2.50 bits per heavy atom. The predicted octanol–water partition coefficient (Wildman–Crippen LogP) is 4.53. The van der Waals surface area contributed by atoms with Crippen LogP contribution in [-0.4, -0.2) is 24.0 Å². The Kier molecular flexibility index (Phi) is 6.01. The Balaban J connectivity index is 2.24. The zero-order valence-electron chi connectivity index (χ0n) is 12.8. The maximum absolute atomic E-state index is 12.3. The minimum Gasteiger partial charge on any atom is -0.496 e. The molecule has 6 heteroatoms. The highest BCUT2D eigenvalue weighted by Crippen LogP contribution is 2.24. The quantitative estimate of drug-likeness (QED) is 0.604. The van der Waals surface area contributed by atoms with Gasteiger partial charge in [0.25, 0.3) is 0 Å². The van der Waals surface area contributed by atoms with Gasteiger partial charge in [0.05, 0.1) is 23.6 Å². The van der Waals surface area contributed by atoms with E-state index in [9.17, 15) is 9.59 Å². The number of allylic oxidation sites excluding steroid dienone is 1. The maximum atomic E-state index is 12.3. The number of carbonyl (C=O) groups excluding carboxylic acids is 1. The number of halogens is 2. The first-order valence-electron chi connectivity index (χ1n) is 6.97. The average Bonchev–Trinajstić information content (AvgIpc) is 2.55. The summed E-state index contributed by atoms with van der Waals surface area (Å²) in [5.41, 5.74) is 1.55. The van der Waals surface area contributed by atoms with Crippen LogP contribution >= 0.6 is 23.2 Å². The molecule has 0 aliphatic heterocycles. The fourth-order valence-corrected chi connectivity index (χ4v) is 2.42. The van der Waals surface area contributed by atoms with Crippen molar-refractivity contribution >= 4 is 41.0 Å². The molecule has 0 spiro atoms. The minimum absolute atomic E-state index is 0.221. The molecule has 0 atom stereocenters. The molecule has 0 saturated heterocycles. The molecule has 0 aliphatic carbocycles. The van der Waals surface area contributed by atoms with Crippen molar-refractivity contribution in [3.05, 3.63) is 69.2 Å². The maximum Gasteiger partial charge on any atom is 0.307 e. The fourth-order valence-electron chi connectivity index (χ4n) is 2.12. The highest BCUT2D eigenvalue weighted by molar-refractivity contribution is 6.42. The molecule has 0 heterocycles. The molecule has 0 unspecified atom stereocenters. The second-order valence-electron chi connectivity index (χ2n) is 4.97. The molecule has 24 heavy (non-hydrogen) atoms. The molecule has 4 nitrogen and oxygen atoms in total. The third kappa shape index (κ3) is 4.60. The van der Waals surface area contributed by atoms with Gasteiger partial charge in [-0.15, -0.1) is 0 Å². The topological polar surface area (TPSA) is 63.6 Å². The Morgan fingerprint density at radius 1 is 1.12 bits per heavy atom. The molecule has 2 aromatic rings. The summed E-state index contributed by atoms with van der Waals surface area (Å²) in [7, 11) is 1.45. The lowest BCUT2D eigenvalue weighted by Crippen LogP contribution is -2.04. The number of carbonyl (C=O) groups is 2. The molecule has 0 saturated carbocycles. The van der Waals surface area contributed by atoms with Crippen molar-refractivity contribution in [2.75, 3.05) is 7.11 Å². The van der Waals surface area contributed by atoms with E-state index in [4.69, 9.17) is 33.0 Å². The van der Waals surface area contributed by atoms with Crippen molar-refractivity contribution in [2.24, 2.45) is 0 Å². The second-order valence-corrected chi connectivity index (χ2v) is 5.78. The summed E-state index contributed by atoms with van der Waals surface area (Å²) >= 11 is 11.8. The smallest absolute Gasteiger partial charge is 0.307 e. The summed E-state index contributed by atoms with van der Waals surface area (Å²) in [6.07, 6.45) is 2.79. The van der Waals surface area contributed by atoms with E-state index < -0.39 is 5.97 Å². The molecule has 0 aromatic heterocycles. The molecule has 0 bridgehead atoms. The molecule has 0 aliphatic rings. The zero-order valence-corrected chi connectivity index (χ0v) is 14.3. The predicted molar refractivity (Wildman–Crippen MR) is 94.2 cm³/mol. The number of carboxylic acid groups (broad SMARTS) is 1. The molecule has 2 aromatic carbocycles. The molecule has 1 N–H and O–H groups in total. The minimum atomic E-state index is -0.996. The first kappa shape index (κ1) is 18.0. The number of methoxy groups -OCH3 is 1. The Labute approximate surface area is 149 Å². The van der Waals surface area contributed by atoms with E-state index in [0.29, 0.717) is 26.9 Å². The number of hydrogen-bond donors (Lipinski definition) is 1. The van der Waals surface area contributed by atoms with Crippen LogP contribution in [0.1, 0.15) is 21.5 Å². The standard InChI is InChI=1S/C18H14Cl2O4/c1-24-17-7-4-12(9-13(17)10-18(22)23)16(21)6-3-11-2-5-14(19)15(20)8-11/h2-9H,10H2,1H3,(H,22,23)/b6-3+. The van der Waals surface area contributed by atoms with Crippen molar-refractivity contribution < 1.29 is 19.4 Å². The lowest BCUT2D eigenvalue weighted by molar-refractivity contribution is -0.136. The van der Waals surface area contributed by atoms with Crippen LogP contribution in [0.5, 0.6) is 5.75 Å². The van der Waals surface area contributed by atoms with Gasteiger partial charge in [0.2, 0.25) is 0 Å². The largest absolute Gasteiger partial charge is 0.496 e. The molecule has 124 valence electrons. The summed E-state index contributed by atoms with van der Waals surface area (Å²) in [4.78, 5) is 23.2. The van der Waals surface area contributed by atoms with Crippen LogP contribution in [0.3, 0.4) is 0 Å². The number of hydrogen-bond acceptors (Lipinski definition) is 3. The second kappa shape index (κ2) is 7.99. The van der Waals surface area contributed by atoms with Crippen molar-refractivity contribution in [3.63, 3.8) is 0 Å². The monoisotopic (exact) mass is 364 g/mol. The fraction of sp³-hybridized carbons (Fsp3) is 0.111. The van der Waals surface area contributed by atoms with Gasteiger partial charge in [-0.1, -0.05) is 35.3 Å². The van der Waals surface area contributed by atoms with E-state index in [1.165, 1.54) is 19.3 Å².